The van der Waals surface area contributed by atoms with Crippen molar-refractivity contribution in [2.75, 3.05) is 0 Å². The normalized spacial score (nSPS) is 10.3. The van der Waals surface area contributed by atoms with Gasteiger partial charge in [-0.2, -0.15) is 0 Å². The van der Waals surface area contributed by atoms with E-state index in [1.165, 1.54) is 35.5 Å². The third kappa shape index (κ3) is 2.72. The maximum absolute atomic E-state index is 10.7. The zero-order valence-corrected chi connectivity index (χ0v) is 10.1. The summed E-state index contributed by atoms with van der Waals surface area (Å²) in [4.78, 5) is 19.8. The van der Waals surface area contributed by atoms with E-state index in [-0.39, 0.29) is 0 Å². The van der Waals surface area contributed by atoms with Crippen molar-refractivity contribution in [2.45, 2.75) is 10.1 Å². The lowest BCUT2D eigenvalue weighted by molar-refractivity contribution is 0.0702. The van der Waals surface area contributed by atoms with Gasteiger partial charge in [0.15, 0.2) is 5.16 Å². The molecule has 0 saturated heterocycles. The highest BCUT2D eigenvalue weighted by atomic mass is 35.5. The van der Waals surface area contributed by atoms with E-state index in [0.717, 1.165) is 4.90 Å². The quantitative estimate of drug-likeness (QED) is 0.870. The topological polar surface area (TPSA) is 63.1 Å². The van der Waals surface area contributed by atoms with Crippen LogP contribution >= 0.6 is 34.7 Å². The largest absolute Gasteiger partial charge is 0.477 e. The molecule has 0 unspecified atom stereocenters. The molecule has 0 aromatic carbocycles. The van der Waals surface area contributed by atoms with Crippen molar-refractivity contribution in [1.29, 1.82) is 0 Å². The Balaban J connectivity index is 2.14. The summed E-state index contributed by atoms with van der Waals surface area (Å²) in [6.45, 7) is 0. The molecule has 0 bridgehead atoms. The summed E-state index contributed by atoms with van der Waals surface area (Å²) in [5.41, 5.74) is 0. The van der Waals surface area contributed by atoms with E-state index >= 15 is 0 Å². The van der Waals surface area contributed by atoms with Crippen LogP contribution < -0.4 is 0 Å². The summed E-state index contributed by atoms with van der Waals surface area (Å²) < 4.78 is 0. The van der Waals surface area contributed by atoms with Crippen LogP contribution in [0.5, 0.6) is 0 Å². The standard InChI is InChI=1S/C9H5ClN2O2S2/c10-5-2-11-9(12-3-5)16-6-1-7(8(13)14)15-4-6/h1-4H,(H,13,14). The number of rotatable bonds is 3. The van der Waals surface area contributed by atoms with Crippen molar-refractivity contribution in [2.24, 2.45) is 0 Å². The molecular weight excluding hydrogens is 268 g/mol. The number of thiophene rings is 1. The van der Waals surface area contributed by atoms with Gasteiger partial charge in [-0.1, -0.05) is 11.6 Å². The number of hydrogen-bond donors (Lipinski definition) is 1. The zero-order chi connectivity index (χ0) is 11.5. The first kappa shape index (κ1) is 11.4. The van der Waals surface area contributed by atoms with Crippen LogP contribution in [0, 0.1) is 0 Å². The van der Waals surface area contributed by atoms with Gasteiger partial charge < -0.3 is 5.11 Å². The average Bonchev–Trinajstić information content (AvgIpc) is 2.70. The molecule has 0 aliphatic rings. The summed E-state index contributed by atoms with van der Waals surface area (Å²) in [6.07, 6.45) is 3.00. The summed E-state index contributed by atoms with van der Waals surface area (Å²) in [7, 11) is 0. The number of aromatic carboxylic acids is 1. The van der Waals surface area contributed by atoms with Gasteiger partial charge in [-0.25, -0.2) is 14.8 Å². The predicted octanol–water partition coefficient (Wildman–Crippen LogP) is 3.04. The molecule has 0 amide bonds. The van der Waals surface area contributed by atoms with Crippen molar-refractivity contribution >= 4 is 40.7 Å². The molecule has 4 nitrogen and oxygen atoms in total. The zero-order valence-electron chi connectivity index (χ0n) is 7.75. The number of halogens is 1. The molecule has 0 spiro atoms. The Hall–Kier alpha value is -1.11. The first-order chi connectivity index (χ1) is 7.65. The van der Waals surface area contributed by atoms with Crippen LogP contribution in [0.15, 0.2) is 33.9 Å². The summed E-state index contributed by atoms with van der Waals surface area (Å²) in [5, 5.41) is 11.5. The molecule has 2 heterocycles. The van der Waals surface area contributed by atoms with Crippen LogP contribution in [-0.2, 0) is 0 Å². The number of hydrogen-bond acceptors (Lipinski definition) is 5. The highest BCUT2D eigenvalue weighted by molar-refractivity contribution is 7.99. The van der Waals surface area contributed by atoms with Gasteiger partial charge in [-0.05, 0) is 17.8 Å². The maximum Gasteiger partial charge on any atom is 0.345 e. The number of carboxylic acid groups (broad SMARTS) is 1. The van der Waals surface area contributed by atoms with Crippen LogP contribution in [0.25, 0.3) is 0 Å². The maximum atomic E-state index is 10.7. The molecule has 0 saturated carbocycles. The molecule has 7 heteroatoms. The molecule has 1 N–H and O–H groups in total. The van der Waals surface area contributed by atoms with Crippen molar-refractivity contribution in [1.82, 2.24) is 9.97 Å². The van der Waals surface area contributed by atoms with E-state index < -0.39 is 5.97 Å². The highest BCUT2D eigenvalue weighted by Gasteiger charge is 2.08. The second-order valence-electron chi connectivity index (χ2n) is 2.74. The van der Waals surface area contributed by atoms with Crippen molar-refractivity contribution in [3.63, 3.8) is 0 Å². The third-order valence-electron chi connectivity index (χ3n) is 1.59. The molecule has 2 aromatic rings. The summed E-state index contributed by atoms with van der Waals surface area (Å²) in [6, 6.07) is 1.59. The number of carboxylic acids is 1. The fourth-order valence-corrected chi connectivity index (χ4v) is 2.66. The van der Waals surface area contributed by atoms with E-state index in [4.69, 9.17) is 16.7 Å². The van der Waals surface area contributed by atoms with Crippen molar-refractivity contribution in [3.05, 3.63) is 33.7 Å². The van der Waals surface area contributed by atoms with Crippen molar-refractivity contribution in [3.8, 4) is 0 Å². The summed E-state index contributed by atoms with van der Waals surface area (Å²) >= 11 is 8.13. The Morgan fingerprint density at radius 3 is 2.69 bits per heavy atom. The number of nitrogens with zero attached hydrogens (tertiary/aromatic N) is 2. The average molecular weight is 273 g/mol. The van der Waals surface area contributed by atoms with Crippen LogP contribution in [0.1, 0.15) is 9.67 Å². The lowest BCUT2D eigenvalue weighted by atomic mass is 10.5. The smallest absolute Gasteiger partial charge is 0.345 e. The molecule has 16 heavy (non-hydrogen) atoms. The van der Waals surface area contributed by atoms with E-state index in [1.54, 1.807) is 11.4 Å². The lowest BCUT2D eigenvalue weighted by Gasteiger charge is -1.95. The first-order valence-corrected chi connectivity index (χ1v) is 6.20. The van der Waals surface area contributed by atoms with E-state index in [1.807, 2.05) is 0 Å². The SMILES string of the molecule is O=C(O)c1cc(Sc2ncc(Cl)cn2)cs1. The molecule has 0 aliphatic carbocycles. The Kier molecular flexibility index (Phi) is 3.42. The second kappa shape index (κ2) is 4.82. The minimum absolute atomic E-state index is 0.302. The Bertz CT molecular complexity index is 512. The molecule has 82 valence electrons. The Labute approximate surface area is 104 Å². The number of carbonyl (C=O) groups is 1. The lowest BCUT2D eigenvalue weighted by Crippen LogP contribution is -1.90. The molecule has 0 aliphatic heterocycles. The van der Waals surface area contributed by atoms with Crippen LogP contribution in [0.4, 0.5) is 0 Å². The third-order valence-corrected chi connectivity index (χ3v) is 3.72. The monoisotopic (exact) mass is 272 g/mol. The minimum atomic E-state index is -0.922. The van der Waals surface area contributed by atoms with E-state index in [9.17, 15) is 4.79 Å². The van der Waals surface area contributed by atoms with Gasteiger partial charge in [0.1, 0.15) is 4.88 Å². The molecule has 2 aromatic heterocycles. The Morgan fingerprint density at radius 2 is 2.12 bits per heavy atom. The van der Waals surface area contributed by atoms with E-state index in [2.05, 4.69) is 9.97 Å². The van der Waals surface area contributed by atoms with Gasteiger partial charge in [0.25, 0.3) is 0 Å². The fraction of sp³-hybridized carbons (Fsp3) is 0. The van der Waals surface area contributed by atoms with Gasteiger partial charge in [0.2, 0.25) is 0 Å². The van der Waals surface area contributed by atoms with Gasteiger partial charge in [0, 0.05) is 10.3 Å². The Morgan fingerprint density at radius 1 is 1.44 bits per heavy atom. The molecule has 0 fully saturated rings. The van der Waals surface area contributed by atoms with Crippen LogP contribution in [0.2, 0.25) is 5.02 Å². The summed E-state index contributed by atoms with van der Waals surface area (Å²) in [5.74, 6) is -0.922. The van der Waals surface area contributed by atoms with Crippen molar-refractivity contribution < 1.29 is 9.90 Å². The van der Waals surface area contributed by atoms with E-state index in [0.29, 0.717) is 15.1 Å². The number of aromatic nitrogens is 2. The van der Waals surface area contributed by atoms with Gasteiger partial charge in [0.05, 0.1) is 17.4 Å². The molecular formula is C9H5ClN2O2S2. The first-order valence-electron chi connectivity index (χ1n) is 4.12. The molecule has 0 radical (unpaired) electrons. The van der Waals surface area contributed by atoms with Crippen LogP contribution in [0.3, 0.4) is 0 Å². The minimum Gasteiger partial charge on any atom is -0.477 e. The predicted molar refractivity (Wildman–Crippen MR) is 62.4 cm³/mol. The van der Waals surface area contributed by atoms with Gasteiger partial charge in [-0.15, -0.1) is 11.3 Å². The van der Waals surface area contributed by atoms with Crippen LogP contribution in [-0.4, -0.2) is 21.0 Å². The highest BCUT2D eigenvalue weighted by Crippen LogP contribution is 2.29. The van der Waals surface area contributed by atoms with Gasteiger partial charge in [-0.3, -0.25) is 0 Å². The fourth-order valence-electron chi connectivity index (χ4n) is 0.943. The second-order valence-corrected chi connectivity index (χ2v) is 5.13. The molecule has 2 rings (SSSR count). The van der Waals surface area contributed by atoms with Gasteiger partial charge >= 0.3 is 5.97 Å². The molecule has 0 atom stereocenters.